The first-order valence-electron chi connectivity index (χ1n) is 10.1. The maximum Gasteiger partial charge on any atom is 0.230 e. The summed E-state index contributed by atoms with van der Waals surface area (Å²) in [6.45, 7) is 8.38. The Hall–Kier alpha value is -2.30. The first-order valence-corrected chi connectivity index (χ1v) is 11.0. The van der Waals surface area contributed by atoms with Crippen molar-refractivity contribution < 1.29 is 9.21 Å². The van der Waals surface area contributed by atoms with Crippen molar-refractivity contribution in [2.45, 2.75) is 51.1 Å². The monoisotopic (exact) mass is 412 g/mol. The van der Waals surface area contributed by atoms with Gasteiger partial charge in [0.2, 0.25) is 5.91 Å². The third kappa shape index (κ3) is 5.20. The second-order valence-corrected chi connectivity index (χ2v) is 8.42. The Kier molecular flexibility index (Phi) is 7.34. The van der Waals surface area contributed by atoms with E-state index < -0.39 is 0 Å². The van der Waals surface area contributed by atoms with Crippen LogP contribution in [0.4, 0.5) is 0 Å². The van der Waals surface area contributed by atoms with Gasteiger partial charge in [-0.2, -0.15) is 5.26 Å². The number of nitrogens with one attached hydrogen (secondary N) is 1. The zero-order chi connectivity index (χ0) is 20.8. The summed E-state index contributed by atoms with van der Waals surface area (Å²) >= 11 is 1.32. The Bertz CT molecular complexity index is 883. The van der Waals surface area contributed by atoms with E-state index in [-0.39, 0.29) is 17.7 Å². The third-order valence-electron chi connectivity index (χ3n) is 5.61. The van der Waals surface area contributed by atoms with Crippen molar-refractivity contribution in [3.63, 3.8) is 0 Å². The lowest BCUT2D eigenvalue weighted by Gasteiger charge is -2.33. The molecule has 154 valence electrons. The molecule has 0 aliphatic carbocycles. The summed E-state index contributed by atoms with van der Waals surface area (Å²) in [5.74, 6) is 1.05. The molecule has 7 heteroatoms. The third-order valence-corrected chi connectivity index (χ3v) is 6.59. The lowest BCUT2D eigenvalue weighted by atomic mass is 10.1. The maximum atomic E-state index is 12.5. The first kappa shape index (κ1) is 21.4. The minimum absolute atomic E-state index is 0.0518. The van der Waals surface area contributed by atoms with E-state index in [1.165, 1.54) is 31.0 Å². The number of carbonyl (C=O) groups excluding carboxylic acids is 1. The van der Waals surface area contributed by atoms with Crippen molar-refractivity contribution in [2.75, 3.05) is 25.4 Å². The number of aromatic nitrogens is 1. The Morgan fingerprint density at radius 3 is 2.72 bits per heavy atom. The van der Waals surface area contributed by atoms with Gasteiger partial charge < -0.3 is 9.73 Å². The molecule has 0 radical (unpaired) electrons. The van der Waals surface area contributed by atoms with Gasteiger partial charge in [-0.1, -0.05) is 18.2 Å². The van der Waals surface area contributed by atoms with Crippen molar-refractivity contribution in [2.24, 2.45) is 0 Å². The normalized spacial score (nSPS) is 15.7. The zero-order valence-corrected chi connectivity index (χ0v) is 18.1. The van der Waals surface area contributed by atoms with Gasteiger partial charge >= 0.3 is 0 Å². The van der Waals surface area contributed by atoms with Gasteiger partial charge in [0.05, 0.1) is 23.6 Å². The summed E-state index contributed by atoms with van der Waals surface area (Å²) in [5.41, 5.74) is 3.42. The molecule has 29 heavy (non-hydrogen) atoms. The van der Waals surface area contributed by atoms with E-state index in [1.54, 1.807) is 6.26 Å². The highest BCUT2D eigenvalue weighted by Gasteiger charge is 2.25. The van der Waals surface area contributed by atoms with E-state index in [2.05, 4.69) is 21.3 Å². The summed E-state index contributed by atoms with van der Waals surface area (Å²) in [6, 6.07) is 6.15. The molecule has 1 fully saturated rings. The second-order valence-electron chi connectivity index (χ2n) is 7.46. The van der Waals surface area contributed by atoms with Gasteiger partial charge in [0.25, 0.3) is 0 Å². The van der Waals surface area contributed by atoms with Crippen LogP contribution in [-0.4, -0.2) is 41.2 Å². The van der Waals surface area contributed by atoms with Crippen LogP contribution in [-0.2, 0) is 4.79 Å². The second kappa shape index (κ2) is 9.95. The summed E-state index contributed by atoms with van der Waals surface area (Å²) < 4.78 is 5.63. The molecule has 2 aromatic rings. The molecule has 0 saturated carbocycles. The van der Waals surface area contributed by atoms with Crippen LogP contribution in [0.25, 0.3) is 0 Å². The number of hydrogen-bond donors (Lipinski definition) is 1. The number of nitriles is 1. The molecule has 1 amide bonds. The highest BCUT2D eigenvalue weighted by molar-refractivity contribution is 8.00. The van der Waals surface area contributed by atoms with Crippen LogP contribution in [0.1, 0.15) is 53.4 Å². The van der Waals surface area contributed by atoms with Gasteiger partial charge in [-0.25, -0.2) is 4.98 Å². The highest BCUT2D eigenvalue weighted by atomic mass is 32.2. The quantitative estimate of drug-likeness (QED) is 0.695. The standard InChI is InChI=1S/C22H28N4O2S/c1-15-16(2)18(12-23)22(25-17(15)3)29-14-21(27)24-13-19(20-8-7-11-28-20)26-9-5-4-6-10-26/h7-8,11,19H,4-6,9-10,13-14H2,1-3H3,(H,24,27). The lowest BCUT2D eigenvalue weighted by Crippen LogP contribution is -2.40. The SMILES string of the molecule is Cc1nc(SCC(=O)NCC(c2ccco2)N2CCCCC2)c(C#N)c(C)c1C. The van der Waals surface area contributed by atoms with Crippen LogP contribution >= 0.6 is 11.8 Å². The number of nitrogens with zero attached hydrogens (tertiary/aromatic N) is 3. The number of carbonyl (C=O) groups is 1. The summed E-state index contributed by atoms with van der Waals surface area (Å²) in [4.78, 5) is 19.4. The molecule has 1 N–H and O–H groups in total. The summed E-state index contributed by atoms with van der Waals surface area (Å²) in [5, 5.41) is 13.2. The molecule has 0 aromatic carbocycles. The summed E-state index contributed by atoms with van der Waals surface area (Å²) in [7, 11) is 0. The van der Waals surface area contributed by atoms with Crippen LogP contribution in [0.15, 0.2) is 27.8 Å². The molecule has 6 nitrogen and oxygen atoms in total. The number of likely N-dealkylation sites (tertiary alicyclic amines) is 1. The number of hydrogen-bond acceptors (Lipinski definition) is 6. The van der Waals surface area contributed by atoms with Crippen LogP contribution in [0.2, 0.25) is 0 Å². The minimum Gasteiger partial charge on any atom is -0.468 e. The summed E-state index contributed by atoms with van der Waals surface area (Å²) in [6.07, 6.45) is 5.29. The van der Waals surface area contributed by atoms with Gasteiger partial charge in [0.15, 0.2) is 0 Å². The average molecular weight is 413 g/mol. The lowest BCUT2D eigenvalue weighted by molar-refractivity contribution is -0.118. The van der Waals surface area contributed by atoms with E-state index in [9.17, 15) is 10.1 Å². The molecule has 2 aromatic heterocycles. The van der Waals surface area contributed by atoms with Crippen LogP contribution < -0.4 is 5.32 Å². The van der Waals surface area contributed by atoms with E-state index >= 15 is 0 Å². The van der Waals surface area contributed by atoms with Gasteiger partial charge in [0.1, 0.15) is 16.9 Å². The van der Waals surface area contributed by atoms with Crippen molar-refractivity contribution in [3.05, 3.63) is 46.5 Å². The molecule has 3 rings (SSSR count). The Morgan fingerprint density at radius 1 is 1.31 bits per heavy atom. The van der Waals surface area contributed by atoms with Gasteiger partial charge in [-0.05, 0) is 70.0 Å². The topological polar surface area (TPSA) is 82.2 Å². The number of furan rings is 1. The Morgan fingerprint density at radius 2 is 2.07 bits per heavy atom. The predicted molar refractivity (Wildman–Crippen MR) is 114 cm³/mol. The molecule has 1 aliphatic heterocycles. The molecule has 1 unspecified atom stereocenters. The molecule has 0 bridgehead atoms. The Balaban J connectivity index is 1.61. The van der Waals surface area contributed by atoms with Crippen LogP contribution in [0.5, 0.6) is 0 Å². The van der Waals surface area contributed by atoms with Crippen molar-refractivity contribution in [1.29, 1.82) is 5.26 Å². The molecule has 1 saturated heterocycles. The van der Waals surface area contributed by atoms with Crippen molar-refractivity contribution in [3.8, 4) is 6.07 Å². The predicted octanol–water partition coefficient (Wildman–Crippen LogP) is 3.91. The molecule has 0 spiro atoms. The average Bonchev–Trinajstić information content (AvgIpc) is 3.26. The molecule has 1 aliphatic rings. The van der Waals surface area contributed by atoms with E-state index in [4.69, 9.17) is 4.42 Å². The van der Waals surface area contributed by atoms with Crippen LogP contribution in [0, 0.1) is 32.1 Å². The molecule has 3 heterocycles. The largest absolute Gasteiger partial charge is 0.468 e. The molecule has 1 atom stereocenters. The smallest absolute Gasteiger partial charge is 0.230 e. The fourth-order valence-electron chi connectivity index (χ4n) is 3.66. The molecular weight excluding hydrogens is 384 g/mol. The van der Waals surface area contributed by atoms with E-state index in [1.807, 2.05) is 32.9 Å². The van der Waals surface area contributed by atoms with E-state index in [0.717, 1.165) is 35.7 Å². The maximum absolute atomic E-state index is 12.5. The number of thioether (sulfide) groups is 1. The number of amides is 1. The first-order chi connectivity index (χ1) is 14.0. The highest BCUT2D eigenvalue weighted by Crippen LogP contribution is 2.27. The van der Waals surface area contributed by atoms with Crippen molar-refractivity contribution in [1.82, 2.24) is 15.2 Å². The zero-order valence-electron chi connectivity index (χ0n) is 17.3. The van der Waals surface area contributed by atoms with E-state index in [0.29, 0.717) is 17.1 Å². The van der Waals surface area contributed by atoms with Gasteiger partial charge in [-0.3, -0.25) is 9.69 Å². The number of rotatable bonds is 7. The van der Waals surface area contributed by atoms with Gasteiger partial charge in [0, 0.05) is 12.2 Å². The van der Waals surface area contributed by atoms with Crippen molar-refractivity contribution >= 4 is 17.7 Å². The minimum atomic E-state index is -0.0647. The fraction of sp³-hybridized carbons (Fsp3) is 0.500. The fourth-order valence-corrected chi connectivity index (χ4v) is 4.58. The number of aryl methyl sites for hydroxylation is 1. The number of pyridine rings is 1. The Labute approximate surface area is 176 Å². The van der Waals surface area contributed by atoms with Crippen LogP contribution in [0.3, 0.4) is 0 Å². The number of piperidine rings is 1. The molecular formula is C22H28N4O2S. The van der Waals surface area contributed by atoms with Gasteiger partial charge in [-0.15, -0.1) is 0 Å².